The minimum Gasteiger partial charge on any atom is -0.267 e. The van der Waals surface area contributed by atoms with Crippen molar-refractivity contribution in [3.8, 4) is 0 Å². The number of hydrogen-bond acceptors (Lipinski definition) is 2. The van der Waals surface area contributed by atoms with Gasteiger partial charge in [-0.1, -0.05) is 13.8 Å². The summed E-state index contributed by atoms with van der Waals surface area (Å²) in [5.74, 6) is -0.410. The molecule has 0 bridgehead atoms. The predicted molar refractivity (Wildman–Crippen MR) is 61.8 cm³/mol. The van der Waals surface area contributed by atoms with Crippen LogP contribution in [0.25, 0.3) is 0 Å². The van der Waals surface area contributed by atoms with Gasteiger partial charge in [-0.05, 0) is 37.1 Å². The molecule has 0 atom stereocenters. The summed E-state index contributed by atoms with van der Waals surface area (Å²) in [5.41, 5.74) is 3.66. The molecule has 1 aromatic rings. The quantitative estimate of drug-likeness (QED) is 0.619. The van der Waals surface area contributed by atoms with Crippen LogP contribution in [0.5, 0.6) is 0 Å². The van der Waals surface area contributed by atoms with Crippen molar-refractivity contribution in [2.75, 3.05) is 0 Å². The molecule has 1 amide bonds. The molecule has 0 spiro atoms. The van der Waals surface area contributed by atoms with E-state index < -0.39 is 0 Å². The van der Waals surface area contributed by atoms with Crippen LogP contribution >= 0.6 is 0 Å². The molecular weight excluding hydrogens is 207 g/mol. The number of hydrazone groups is 1. The minimum atomic E-state index is -0.363. The van der Waals surface area contributed by atoms with Crippen LogP contribution in [-0.2, 0) is 0 Å². The van der Waals surface area contributed by atoms with Crippen molar-refractivity contribution < 1.29 is 9.18 Å². The largest absolute Gasteiger partial charge is 0.271 e. The molecule has 86 valence electrons. The van der Waals surface area contributed by atoms with Crippen LogP contribution in [0.1, 0.15) is 31.1 Å². The maximum atomic E-state index is 12.6. The van der Waals surface area contributed by atoms with Gasteiger partial charge in [0.15, 0.2) is 0 Å². The summed E-state index contributed by atoms with van der Waals surface area (Å²) in [6.07, 6.45) is 0. The van der Waals surface area contributed by atoms with Gasteiger partial charge >= 0.3 is 0 Å². The lowest BCUT2D eigenvalue weighted by molar-refractivity contribution is 0.0954. The summed E-state index contributed by atoms with van der Waals surface area (Å²) < 4.78 is 12.6. The monoisotopic (exact) mass is 222 g/mol. The van der Waals surface area contributed by atoms with E-state index in [2.05, 4.69) is 10.5 Å². The van der Waals surface area contributed by atoms with Crippen LogP contribution in [0.15, 0.2) is 29.4 Å². The molecule has 0 saturated carbocycles. The Morgan fingerprint density at radius 3 is 2.38 bits per heavy atom. The second-order valence-electron chi connectivity index (χ2n) is 3.86. The summed E-state index contributed by atoms with van der Waals surface area (Å²) in [6, 6.07) is 5.33. The van der Waals surface area contributed by atoms with Gasteiger partial charge in [-0.2, -0.15) is 5.10 Å². The van der Waals surface area contributed by atoms with Crippen LogP contribution in [0, 0.1) is 11.7 Å². The van der Waals surface area contributed by atoms with E-state index in [1.165, 1.54) is 24.3 Å². The molecule has 0 aliphatic carbocycles. The van der Waals surface area contributed by atoms with Crippen molar-refractivity contribution in [2.45, 2.75) is 20.8 Å². The van der Waals surface area contributed by atoms with Gasteiger partial charge in [0.25, 0.3) is 5.91 Å². The van der Waals surface area contributed by atoms with Gasteiger partial charge in [0.2, 0.25) is 0 Å². The van der Waals surface area contributed by atoms with Crippen LogP contribution in [0.3, 0.4) is 0 Å². The highest BCUT2D eigenvalue weighted by Crippen LogP contribution is 2.02. The van der Waals surface area contributed by atoms with E-state index in [4.69, 9.17) is 0 Å². The Hall–Kier alpha value is -1.71. The van der Waals surface area contributed by atoms with E-state index in [1.54, 1.807) is 0 Å². The van der Waals surface area contributed by atoms with Crippen LogP contribution in [0.2, 0.25) is 0 Å². The highest BCUT2D eigenvalue weighted by Gasteiger charge is 2.05. The number of nitrogens with zero attached hydrogens (tertiary/aromatic N) is 1. The van der Waals surface area contributed by atoms with E-state index in [-0.39, 0.29) is 17.6 Å². The van der Waals surface area contributed by atoms with E-state index in [9.17, 15) is 9.18 Å². The fourth-order valence-electron chi connectivity index (χ4n) is 0.934. The smallest absolute Gasteiger partial charge is 0.267 e. The Labute approximate surface area is 94.4 Å². The van der Waals surface area contributed by atoms with Crippen LogP contribution < -0.4 is 5.43 Å². The number of carbonyl (C=O) groups excluding carboxylic acids is 1. The Bertz CT molecular complexity index is 396. The molecule has 1 aromatic carbocycles. The number of carbonyl (C=O) groups is 1. The first-order valence-electron chi connectivity index (χ1n) is 5.11. The lowest BCUT2D eigenvalue weighted by atomic mass is 10.1. The topological polar surface area (TPSA) is 41.5 Å². The zero-order valence-electron chi connectivity index (χ0n) is 9.62. The first-order valence-corrected chi connectivity index (χ1v) is 5.11. The van der Waals surface area contributed by atoms with Crippen molar-refractivity contribution in [1.29, 1.82) is 0 Å². The average Bonchev–Trinajstić information content (AvgIpc) is 2.26. The fourth-order valence-corrected chi connectivity index (χ4v) is 0.934. The van der Waals surface area contributed by atoms with Gasteiger partial charge in [-0.15, -0.1) is 0 Å². The maximum absolute atomic E-state index is 12.6. The Morgan fingerprint density at radius 1 is 1.31 bits per heavy atom. The summed E-state index contributed by atoms with van der Waals surface area (Å²) >= 11 is 0. The maximum Gasteiger partial charge on any atom is 0.271 e. The highest BCUT2D eigenvalue weighted by atomic mass is 19.1. The number of hydrogen-bond donors (Lipinski definition) is 1. The number of amides is 1. The fraction of sp³-hybridized carbons (Fsp3) is 0.333. The zero-order valence-corrected chi connectivity index (χ0v) is 9.62. The van der Waals surface area contributed by atoms with E-state index in [1.807, 2.05) is 20.8 Å². The molecule has 3 nitrogen and oxygen atoms in total. The molecule has 16 heavy (non-hydrogen) atoms. The van der Waals surface area contributed by atoms with Crippen molar-refractivity contribution in [1.82, 2.24) is 5.43 Å². The Balaban J connectivity index is 2.66. The first-order chi connectivity index (χ1) is 7.50. The summed E-state index contributed by atoms with van der Waals surface area (Å²) in [6.45, 7) is 5.82. The average molecular weight is 222 g/mol. The summed E-state index contributed by atoms with van der Waals surface area (Å²) in [4.78, 5) is 11.5. The standard InChI is InChI=1S/C12H15FN2O/c1-8(2)9(3)14-15-12(16)10-4-6-11(13)7-5-10/h4-8H,1-3H3,(H,15,16). The molecule has 0 fully saturated rings. The zero-order chi connectivity index (χ0) is 12.1. The third-order valence-corrected chi connectivity index (χ3v) is 2.28. The Morgan fingerprint density at radius 2 is 1.88 bits per heavy atom. The van der Waals surface area contributed by atoms with Gasteiger partial charge in [-0.25, -0.2) is 9.82 Å². The van der Waals surface area contributed by atoms with Crippen molar-refractivity contribution in [3.05, 3.63) is 35.6 Å². The van der Waals surface area contributed by atoms with Crippen molar-refractivity contribution in [3.63, 3.8) is 0 Å². The second kappa shape index (κ2) is 5.39. The molecule has 0 aliphatic heterocycles. The van der Waals surface area contributed by atoms with Crippen molar-refractivity contribution >= 4 is 11.6 Å². The molecule has 1 N–H and O–H groups in total. The molecule has 0 heterocycles. The Kier molecular flexibility index (Phi) is 4.17. The number of halogens is 1. The lowest BCUT2D eigenvalue weighted by Crippen LogP contribution is -2.20. The third-order valence-electron chi connectivity index (χ3n) is 2.28. The third kappa shape index (κ3) is 3.46. The van der Waals surface area contributed by atoms with E-state index in [0.717, 1.165) is 5.71 Å². The van der Waals surface area contributed by atoms with Crippen LogP contribution in [0.4, 0.5) is 4.39 Å². The van der Waals surface area contributed by atoms with Gasteiger partial charge < -0.3 is 0 Å². The van der Waals surface area contributed by atoms with Crippen LogP contribution in [-0.4, -0.2) is 11.6 Å². The normalized spacial score (nSPS) is 11.7. The second-order valence-corrected chi connectivity index (χ2v) is 3.86. The van der Waals surface area contributed by atoms with E-state index >= 15 is 0 Å². The van der Waals surface area contributed by atoms with E-state index in [0.29, 0.717) is 5.56 Å². The first kappa shape index (κ1) is 12.4. The minimum absolute atomic E-state index is 0.286. The van der Waals surface area contributed by atoms with Gasteiger partial charge in [0.05, 0.1) is 0 Å². The molecule has 0 unspecified atom stereocenters. The molecule has 0 radical (unpaired) electrons. The molecule has 1 rings (SSSR count). The molecule has 0 saturated heterocycles. The predicted octanol–water partition coefficient (Wildman–Crippen LogP) is 2.59. The number of rotatable bonds is 3. The number of nitrogens with one attached hydrogen (secondary N) is 1. The molecule has 4 heteroatoms. The van der Waals surface area contributed by atoms with Gasteiger partial charge in [-0.3, -0.25) is 4.79 Å². The SMILES string of the molecule is CC(=NNC(=O)c1ccc(F)cc1)C(C)C. The lowest BCUT2D eigenvalue weighted by Gasteiger charge is -2.04. The van der Waals surface area contributed by atoms with Crippen molar-refractivity contribution in [2.24, 2.45) is 11.0 Å². The molecule has 0 aliphatic rings. The highest BCUT2D eigenvalue weighted by molar-refractivity contribution is 5.95. The van der Waals surface area contributed by atoms with Gasteiger partial charge in [0.1, 0.15) is 5.82 Å². The van der Waals surface area contributed by atoms with Gasteiger partial charge in [0, 0.05) is 11.3 Å². The number of benzene rings is 1. The summed E-state index contributed by atoms with van der Waals surface area (Å²) in [7, 11) is 0. The molecular formula is C12H15FN2O. The summed E-state index contributed by atoms with van der Waals surface area (Å²) in [5, 5.41) is 3.95. The molecule has 0 aromatic heterocycles.